The van der Waals surface area contributed by atoms with Crippen molar-refractivity contribution < 1.29 is 9.90 Å². The number of hydrogen-bond acceptors (Lipinski definition) is 3. The van der Waals surface area contributed by atoms with E-state index in [0.717, 1.165) is 0 Å². The van der Waals surface area contributed by atoms with E-state index in [1.54, 1.807) is 4.90 Å². The molecular formula is C7H14N2O2. The third-order valence-corrected chi connectivity index (χ3v) is 1.93. The molecule has 1 fully saturated rings. The lowest BCUT2D eigenvalue weighted by molar-refractivity contribution is -0.142. The molecule has 1 heterocycles. The van der Waals surface area contributed by atoms with Gasteiger partial charge in [-0.25, -0.2) is 0 Å². The fourth-order valence-corrected chi connectivity index (χ4v) is 1.04. The van der Waals surface area contributed by atoms with E-state index in [0.29, 0.717) is 19.5 Å². The van der Waals surface area contributed by atoms with E-state index < -0.39 is 0 Å². The molecule has 0 saturated carbocycles. The molecule has 1 saturated heterocycles. The summed E-state index contributed by atoms with van der Waals surface area (Å²) in [5.41, 5.74) is 5.50. The van der Waals surface area contributed by atoms with Crippen LogP contribution in [0.4, 0.5) is 0 Å². The van der Waals surface area contributed by atoms with Crippen molar-refractivity contribution >= 4 is 5.91 Å². The standard InChI is InChI=1S/C7H14N2O2/c1-2-6(8)7(11)9-3-5(10)4-9/h5-6,10H,2-4,8H2,1H3/t6-/m1/s1. The molecule has 0 spiro atoms. The maximum absolute atomic E-state index is 11.2. The van der Waals surface area contributed by atoms with E-state index >= 15 is 0 Å². The van der Waals surface area contributed by atoms with Gasteiger partial charge in [-0.2, -0.15) is 0 Å². The summed E-state index contributed by atoms with van der Waals surface area (Å²) in [6, 6.07) is -0.387. The molecule has 1 aliphatic rings. The highest BCUT2D eigenvalue weighted by Gasteiger charge is 2.30. The van der Waals surface area contributed by atoms with Crippen molar-refractivity contribution in [1.29, 1.82) is 0 Å². The molecular weight excluding hydrogens is 144 g/mol. The van der Waals surface area contributed by atoms with Crippen LogP contribution in [0.1, 0.15) is 13.3 Å². The zero-order chi connectivity index (χ0) is 8.43. The van der Waals surface area contributed by atoms with Gasteiger partial charge in [0.2, 0.25) is 5.91 Å². The normalized spacial score (nSPS) is 21.2. The first-order valence-corrected chi connectivity index (χ1v) is 3.87. The van der Waals surface area contributed by atoms with Crippen LogP contribution >= 0.6 is 0 Å². The van der Waals surface area contributed by atoms with Crippen LogP contribution in [0.5, 0.6) is 0 Å². The van der Waals surface area contributed by atoms with Crippen molar-refractivity contribution in [3.63, 3.8) is 0 Å². The maximum atomic E-state index is 11.2. The molecule has 0 bridgehead atoms. The summed E-state index contributed by atoms with van der Waals surface area (Å²) < 4.78 is 0. The van der Waals surface area contributed by atoms with Crippen molar-refractivity contribution in [3.8, 4) is 0 Å². The molecule has 1 amide bonds. The molecule has 1 atom stereocenters. The number of nitrogens with zero attached hydrogens (tertiary/aromatic N) is 1. The Hall–Kier alpha value is -0.610. The van der Waals surface area contributed by atoms with Gasteiger partial charge in [0.25, 0.3) is 0 Å². The molecule has 64 valence electrons. The number of hydrogen-bond donors (Lipinski definition) is 2. The third-order valence-electron chi connectivity index (χ3n) is 1.93. The Morgan fingerprint density at radius 1 is 1.82 bits per heavy atom. The van der Waals surface area contributed by atoms with Crippen LogP contribution in [0.3, 0.4) is 0 Å². The molecule has 0 aromatic heterocycles. The number of nitrogens with two attached hydrogens (primary N) is 1. The van der Waals surface area contributed by atoms with E-state index in [9.17, 15) is 4.79 Å². The van der Waals surface area contributed by atoms with Crippen molar-refractivity contribution in [2.24, 2.45) is 5.73 Å². The van der Waals surface area contributed by atoms with Crippen LogP contribution < -0.4 is 5.73 Å². The molecule has 0 radical (unpaired) electrons. The van der Waals surface area contributed by atoms with Crippen molar-refractivity contribution in [3.05, 3.63) is 0 Å². The van der Waals surface area contributed by atoms with E-state index in [2.05, 4.69) is 0 Å². The minimum Gasteiger partial charge on any atom is -0.389 e. The number of aliphatic hydroxyl groups excluding tert-OH is 1. The Labute approximate surface area is 66.0 Å². The number of amides is 1. The second-order valence-corrected chi connectivity index (χ2v) is 2.91. The Kier molecular flexibility index (Phi) is 2.46. The first-order valence-electron chi connectivity index (χ1n) is 3.87. The van der Waals surface area contributed by atoms with Crippen LogP contribution in [0.2, 0.25) is 0 Å². The lowest BCUT2D eigenvalue weighted by atomic mass is 10.1. The Morgan fingerprint density at radius 3 is 2.73 bits per heavy atom. The van der Waals surface area contributed by atoms with Crippen LogP contribution in [-0.4, -0.2) is 41.1 Å². The number of β-amino-alcohol motifs (C(OH)–C–C–N with tert-alkyl or cyclic N) is 1. The van der Waals surface area contributed by atoms with E-state index in [4.69, 9.17) is 10.8 Å². The Bertz CT molecular complexity index is 155. The summed E-state index contributed by atoms with van der Waals surface area (Å²) in [7, 11) is 0. The van der Waals surface area contributed by atoms with Crippen LogP contribution in [0.15, 0.2) is 0 Å². The molecule has 11 heavy (non-hydrogen) atoms. The van der Waals surface area contributed by atoms with Gasteiger partial charge >= 0.3 is 0 Å². The van der Waals surface area contributed by atoms with Gasteiger partial charge < -0.3 is 15.7 Å². The SMILES string of the molecule is CC[C@@H](N)C(=O)N1CC(O)C1. The minimum absolute atomic E-state index is 0.0437. The van der Waals surface area contributed by atoms with E-state index in [1.807, 2.05) is 6.92 Å². The summed E-state index contributed by atoms with van der Waals surface area (Å²) in [5, 5.41) is 8.89. The summed E-state index contributed by atoms with van der Waals surface area (Å²) in [6.07, 6.45) is 0.328. The van der Waals surface area contributed by atoms with Gasteiger partial charge in [-0.3, -0.25) is 4.79 Å². The molecule has 3 N–H and O–H groups in total. The Morgan fingerprint density at radius 2 is 2.36 bits per heavy atom. The largest absolute Gasteiger partial charge is 0.389 e. The minimum atomic E-state index is -0.387. The first kappa shape index (κ1) is 8.49. The monoisotopic (exact) mass is 158 g/mol. The second-order valence-electron chi connectivity index (χ2n) is 2.91. The third kappa shape index (κ3) is 1.70. The van der Waals surface area contributed by atoms with Gasteiger partial charge in [0.05, 0.1) is 12.1 Å². The molecule has 0 aromatic rings. The number of aliphatic hydroxyl groups is 1. The maximum Gasteiger partial charge on any atom is 0.239 e. The fourth-order valence-electron chi connectivity index (χ4n) is 1.04. The smallest absolute Gasteiger partial charge is 0.239 e. The van der Waals surface area contributed by atoms with Crippen LogP contribution in [-0.2, 0) is 4.79 Å². The highest BCUT2D eigenvalue weighted by atomic mass is 16.3. The number of rotatable bonds is 2. The summed E-state index contributed by atoms with van der Waals surface area (Å²) >= 11 is 0. The topological polar surface area (TPSA) is 66.6 Å². The molecule has 1 aliphatic heterocycles. The van der Waals surface area contributed by atoms with Crippen LogP contribution in [0.25, 0.3) is 0 Å². The number of carbonyl (C=O) groups excluding carboxylic acids is 1. The lowest BCUT2D eigenvalue weighted by Gasteiger charge is -2.37. The lowest BCUT2D eigenvalue weighted by Crippen LogP contribution is -2.57. The van der Waals surface area contributed by atoms with E-state index in [-0.39, 0.29) is 18.1 Å². The zero-order valence-corrected chi connectivity index (χ0v) is 6.66. The average molecular weight is 158 g/mol. The summed E-state index contributed by atoms with van der Waals surface area (Å²) in [6.45, 7) is 2.78. The molecule has 0 aliphatic carbocycles. The van der Waals surface area contributed by atoms with Crippen molar-refractivity contribution in [2.75, 3.05) is 13.1 Å². The number of likely N-dealkylation sites (tertiary alicyclic amines) is 1. The predicted octanol–water partition coefficient (Wildman–Crippen LogP) is -1.07. The van der Waals surface area contributed by atoms with Crippen molar-refractivity contribution in [2.45, 2.75) is 25.5 Å². The fraction of sp³-hybridized carbons (Fsp3) is 0.857. The van der Waals surface area contributed by atoms with Gasteiger partial charge in [-0.15, -0.1) is 0 Å². The van der Waals surface area contributed by atoms with Gasteiger partial charge in [0, 0.05) is 13.1 Å². The Balaban J connectivity index is 2.31. The van der Waals surface area contributed by atoms with Gasteiger partial charge in [0.15, 0.2) is 0 Å². The van der Waals surface area contributed by atoms with Gasteiger partial charge in [-0.05, 0) is 6.42 Å². The van der Waals surface area contributed by atoms with E-state index in [1.165, 1.54) is 0 Å². The second kappa shape index (κ2) is 3.19. The average Bonchev–Trinajstić information content (AvgIpc) is 1.96. The van der Waals surface area contributed by atoms with Crippen molar-refractivity contribution in [1.82, 2.24) is 4.90 Å². The predicted molar refractivity (Wildman–Crippen MR) is 40.9 cm³/mol. The molecule has 1 rings (SSSR count). The van der Waals surface area contributed by atoms with Gasteiger partial charge in [0.1, 0.15) is 0 Å². The zero-order valence-electron chi connectivity index (χ0n) is 6.66. The quantitative estimate of drug-likeness (QED) is 0.537. The highest BCUT2D eigenvalue weighted by molar-refractivity contribution is 5.82. The summed E-state index contributed by atoms with van der Waals surface area (Å²) in [4.78, 5) is 12.8. The summed E-state index contributed by atoms with van der Waals surface area (Å²) in [5.74, 6) is -0.0437. The highest BCUT2D eigenvalue weighted by Crippen LogP contribution is 2.09. The molecule has 0 aromatic carbocycles. The molecule has 4 nitrogen and oxygen atoms in total. The molecule has 0 unspecified atom stereocenters. The van der Waals surface area contributed by atoms with Gasteiger partial charge in [-0.1, -0.05) is 6.92 Å². The first-order chi connectivity index (χ1) is 5.15. The molecule has 4 heteroatoms. The van der Waals surface area contributed by atoms with Crippen LogP contribution in [0, 0.1) is 0 Å². The number of carbonyl (C=O) groups is 1.